The molecule has 0 amide bonds. The Labute approximate surface area is 353 Å². The lowest BCUT2D eigenvalue weighted by molar-refractivity contribution is -0.225. The largest absolute Gasteiger partial charge is 0.459 e. The normalized spacial score (nSPS) is 45.0. The highest BCUT2D eigenvalue weighted by molar-refractivity contribution is 5.79. The van der Waals surface area contributed by atoms with E-state index in [4.69, 9.17) is 23.7 Å². The fourth-order valence-electron chi connectivity index (χ4n) is 14.3. The third kappa shape index (κ3) is 7.39. The first-order valence-electron chi connectivity index (χ1n) is 23.9. The molecule has 8 saturated carbocycles. The summed E-state index contributed by atoms with van der Waals surface area (Å²) in [4.78, 5) is 48.7. The van der Waals surface area contributed by atoms with Crippen molar-refractivity contribution in [2.75, 3.05) is 0 Å². The highest BCUT2D eigenvalue weighted by atomic mass is 16.7. The van der Waals surface area contributed by atoms with E-state index in [9.17, 15) is 24.3 Å². The van der Waals surface area contributed by atoms with E-state index in [0.29, 0.717) is 37.0 Å². The molecule has 0 radical (unpaired) electrons. The molecule has 59 heavy (non-hydrogen) atoms. The van der Waals surface area contributed by atoms with Crippen molar-refractivity contribution in [1.82, 2.24) is 0 Å². The van der Waals surface area contributed by atoms with Crippen LogP contribution in [0.1, 0.15) is 172 Å². The molecule has 3 saturated heterocycles. The molecule has 10 heteroatoms. The number of hydrogen-bond acceptors (Lipinski definition) is 10. The first-order chi connectivity index (χ1) is 27.6. The Morgan fingerprint density at radius 3 is 1.85 bits per heavy atom. The van der Waals surface area contributed by atoms with Gasteiger partial charge >= 0.3 is 23.9 Å². The third-order valence-corrected chi connectivity index (χ3v) is 18.4. The van der Waals surface area contributed by atoms with Gasteiger partial charge in [-0.3, -0.25) is 19.2 Å². The van der Waals surface area contributed by atoms with Gasteiger partial charge in [-0.25, -0.2) is 0 Å². The van der Waals surface area contributed by atoms with Gasteiger partial charge in [0.05, 0.1) is 33.9 Å². The summed E-state index contributed by atoms with van der Waals surface area (Å²) < 4.78 is 28.7. The lowest BCUT2D eigenvalue weighted by Crippen LogP contribution is -2.61. The Kier molecular flexibility index (Phi) is 11.0. The standard InChI is InChI=1S/C20H32O2.C16H26O3.C13H18O5/c1-5-19(3,4)18(21)22-20(6-2)11-14-10-15(20)17-13-8-7-12(9-13)16(14)17;1-4-14(2,3)13(17)19-16-8-11-5-12(9-16)7-15(18,6-11)10-16;1-4-13(2,3)12(15)18-9-7-5-6-8(16-7)10(9)17-11(6)14/h12-17H,5-11H2,1-4H3;11-12,18H,4-10H2,1-3H3;6-10H,4-5H2,1-3H3. The molecule has 11 rings (SSSR count). The van der Waals surface area contributed by atoms with Gasteiger partial charge in [-0.15, -0.1) is 0 Å². The van der Waals surface area contributed by atoms with Crippen LogP contribution in [-0.2, 0) is 42.9 Å². The minimum atomic E-state index is -0.555. The molecule has 3 heterocycles. The number of hydrogen-bond donors (Lipinski definition) is 1. The van der Waals surface area contributed by atoms with E-state index < -0.39 is 28.6 Å². The summed E-state index contributed by atoms with van der Waals surface area (Å²) in [5, 5.41) is 10.6. The predicted octanol–water partition coefficient (Wildman–Crippen LogP) is 8.91. The van der Waals surface area contributed by atoms with Crippen molar-refractivity contribution in [3.05, 3.63) is 0 Å². The maximum absolute atomic E-state index is 12.7. The minimum Gasteiger partial charge on any atom is -0.459 e. The number of rotatable bonds is 10. The van der Waals surface area contributed by atoms with Crippen molar-refractivity contribution in [1.29, 1.82) is 0 Å². The Morgan fingerprint density at radius 2 is 1.27 bits per heavy atom. The van der Waals surface area contributed by atoms with Gasteiger partial charge in [0, 0.05) is 12.3 Å². The summed E-state index contributed by atoms with van der Waals surface area (Å²) in [5.41, 5.74) is -2.29. The Morgan fingerprint density at radius 1 is 0.695 bits per heavy atom. The van der Waals surface area contributed by atoms with E-state index in [-0.39, 0.29) is 58.6 Å². The molecule has 14 unspecified atom stereocenters. The van der Waals surface area contributed by atoms with Crippen LogP contribution in [0.4, 0.5) is 0 Å². The highest BCUT2D eigenvalue weighted by Gasteiger charge is 2.68. The molecule has 0 spiro atoms. The molecule has 332 valence electrons. The SMILES string of the molecule is CCC(C)(C)C(=O)OC1(CC)CC2CC1C1C3CCC(C3)C21.CCC(C)(C)C(=O)OC12CC3CC(CC(O)(C3)C1)C2.CCC(C)(C)C(=O)OC1C2CC3C(=O)OC1C3O2. The lowest BCUT2D eigenvalue weighted by atomic mass is 9.52. The first-order valence-corrected chi connectivity index (χ1v) is 23.9. The van der Waals surface area contributed by atoms with E-state index in [1.54, 1.807) is 0 Å². The zero-order chi connectivity index (χ0) is 42.7. The Balaban J connectivity index is 0.000000124. The van der Waals surface area contributed by atoms with Crippen molar-refractivity contribution in [3.63, 3.8) is 0 Å². The number of aliphatic hydroxyl groups is 1. The van der Waals surface area contributed by atoms with E-state index >= 15 is 0 Å². The smallest absolute Gasteiger partial charge is 0.312 e. The van der Waals surface area contributed by atoms with Gasteiger partial charge in [0.25, 0.3) is 0 Å². The van der Waals surface area contributed by atoms with Crippen molar-refractivity contribution in [2.24, 2.45) is 69.5 Å². The fourth-order valence-corrected chi connectivity index (χ4v) is 14.3. The van der Waals surface area contributed by atoms with E-state index in [1.165, 1.54) is 32.1 Å². The summed E-state index contributed by atoms with van der Waals surface area (Å²) in [5.74, 6) is 5.84. The van der Waals surface area contributed by atoms with Gasteiger partial charge in [0.1, 0.15) is 17.3 Å². The molecule has 1 N–H and O–H groups in total. The zero-order valence-corrected chi connectivity index (χ0v) is 37.9. The van der Waals surface area contributed by atoms with Crippen LogP contribution in [0.5, 0.6) is 0 Å². The molecule has 11 fully saturated rings. The summed E-state index contributed by atoms with van der Waals surface area (Å²) in [7, 11) is 0. The maximum atomic E-state index is 12.7. The van der Waals surface area contributed by atoms with E-state index in [2.05, 4.69) is 13.8 Å². The van der Waals surface area contributed by atoms with Gasteiger partial charge in [0.15, 0.2) is 12.2 Å². The summed E-state index contributed by atoms with van der Waals surface area (Å²) >= 11 is 0. The average molecular weight is 825 g/mol. The van der Waals surface area contributed by atoms with Crippen molar-refractivity contribution >= 4 is 23.9 Å². The van der Waals surface area contributed by atoms with Gasteiger partial charge in [-0.1, -0.05) is 27.7 Å². The molecule has 8 aliphatic carbocycles. The van der Waals surface area contributed by atoms with Crippen molar-refractivity contribution in [3.8, 4) is 0 Å². The third-order valence-electron chi connectivity index (χ3n) is 18.4. The van der Waals surface area contributed by atoms with Crippen LogP contribution >= 0.6 is 0 Å². The quantitative estimate of drug-likeness (QED) is 0.129. The second-order valence-electron chi connectivity index (χ2n) is 23.3. The number of ether oxygens (including phenoxy) is 5. The first kappa shape index (κ1) is 43.4. The van der Waals surface area contributed by atoms with E-state index in [1.807, 2.05) is 55.4 Å². The summed E-state index contributed by atoms with van der Waals surface area (Å²) in [6, 6.07) is 0. The number of fused-ring (bicyclic) bond motifs is 10. The zero-order valence-electron chi connectivity index (χ0n) is 37.9. The van der Waals surface area contributed by atoms with Gasteiger partial charge in [-0.2, -0.15) is 0 Å². The number of carbonyl (C=O) groups is 4. The van der Waals surface area contributed by atoms with Crippen molar-refractivity contribution < 1.29 is 48.0 Å². The van der Waals surface area contributed by atoms with Crippen LogP contribution < -0.4 is 0 Å². The molecule has 14 atom stereocenters. The number of carbonyl (C=O) groups excluding carboxylic acids is 4. The summed E-state index contributed by atoms with van der Waals surface area (Å²) in [6.45, 7) is 20.0. The van der Waals surface area contributed by atoms with Crippen LogP contribution in [0, 0.1) is 69.5 Å². The molecule has 0 aromatic rings. The Hall–Kier alpha value is -2.20. The second kappa shape index (κ2) is 15.0. The molecule has 0 aromatic carbocycles. The molecular weight excluding hydrogens is 749 g/mol. The van der Waals surface area contributed by atoms with Crippen molar-refractivity contribution in [2.45, 2.75) is 213 Å². The fraction of sp³-hybridized carbons (Fsp3) is 0.918. The monoisotopic (exact) mass is 825 g/mol. The van der Waals surface area contributed by atoms with Gasteiger partial charge in [-0.05, 0) is 179 Å². The van der Waals surface area contributed by atoms with Crippen LogP contribution in [0.3, 0.4) is 0 Å². The average Bonchev–Trinajstić information content (AvgIpc) is 4.04. The minimum absolute atomic E-state index is 0.0455. The maximum Gasteiger partial charge on any atom is 0.312 e. The van der Waals surface area contributed by atoms with E-state index in [0.717, 1.165) is 81.0 Å². The van der Waals surface area contributed by atoms with Crippen LogP contribution in [0.2, 0.25) is 0 Å². The number of esters is 4. The lowest BCUT2D eigenvalue weighted by Gasteiger charge is -2.59. The summed E-state index contributed by atoms with van der Waals surface area (Å²) in [6.07, 6.45) is 15.4. The molecule has 10 nitrogen and oxygen atoms in total. The molecule has 10 bridgehead atoms. The molecule has 0 aromatic heterocycles. The molecular formula is C49H76O10. The molecule has 11 aliphatic rings. The Bertz CT molecular complexity index is 1650. The van der Waals surface area contributed by atoms with Gasteiger partial charge < -0.3 is 28.8 Å². The predicted molar refractivity (Wildman–Crippen MR) is 220 cm³/mol. The molecule has 3 aliphatic heterocycles. The second-order valence-corrected chi connectivity index (χ2v) is 23.3. The van der Waals surface area contributed by atoms with Crippen LogP contribution in [-0.4, -0.2) is 70.2 Å². The van der Waals surface area contributed by atoms with Gasteiger partial charge in [0.2, 0.25) is 0 Å². The van der Waals surface area contributed by atoms with Crippen LogP contribution in [0.25, 0.3) is 0 Å². The van der Waals surface area contributed by atoms with Crippen LogP contribution in [0.15, 0.2) is 0 Å². The topological polar surface area (TPSA) is 135 Å². The highest BCUT2D eigenvalue weighted by Crippen LogP contribution is 2.71.